The third-order valence-electron chi connectivity index (χ3n) is 3.14. The second-order valence-corrected chi connectivity index (χ2v) is 4.90. The molecule has 19 heavy (non-hydrogen) atoms. The van der Waals surface area contributed by atoms with Crippen molar-refractivity contribution in [2.24, 2.45) is 0 Å². The zero-order chi connectivity index (χ0) is 13.7. The van der Waals surface area contributed by atoms with Crippen LogP contribution in [0.4, 0.5) is 4.39 Å². The summed E-state index contributed by atoms with van der Waals surface area (Å²) in [5, 5.41) is 3.82. The number of hydrogen-bond acceptors (Lipinski definition) is 1. The Kier molecular flexibility index (Phi) is 4.94. The van der Waals surface area contributed by atoms with Crippen molar-refractivity contribution in [2.45, 2.75) is 26.4 Å². The van der Waals surface area contributed by atoms with E-state index in [9.17, 15) is 4.39 Å². The van der Waals surface area contributed by atoms with Crippen LogP contribution in [-0.4, -0.2) is 0 Å². The molecule has 2 aromatic rings. The number of rotatable bonds is 5. The summed E-state index contributed by atoms with van der Waals surface area (Å²) in [6, 6.07) is 12.9. The average molecular weight is 278 g/mol. The minimum atomic E-state index is -0.222. The molecule has 0 bridgehead atoms. The number of nitrogens with one attached hydrogen (secondary N) is 1. The quantitative estimate of drug-likeness (QED) is 0.858. The van der Waals surface area contributed by atoms with E-state index in [0.29, 0.717) is 17.1 Å². The minimum Gasteiger partial charge on any atom is -0.309 e. The summed E-state index contributed by atoms with van der Waals surface area (Å²) in [5.74, 6) is -0.222. The monoisotopic (exact) mass is 277 g/mol. The van der Waals surface area contributed by atoms with Gasteiger partial charge in [0.25, 0.3) is 0 Å². The first kappa shape index (κ1) is 14.0. The van der Waals surface area contributed by atoms with Gasteiger partial charge in [0.2, 0.25) is 0 Å². The maximum atomic E-state index is 13.5. The molecule has 0 spiro atoms. The van der Waals surface area contributed by atoms with E-state index in [2.05, 4.69) is 24.4 Å². The third kappa shape index (κ3) is 3.79. The number of halogens is 2. The Bertz CT molecular complexity index is 554. The number of aryl methyl sites for hydroxylation is 1. The molecule has 0 saturated carbocycles. The third-order valence-corrected chi connectivity index (χ3v) is 3.37. The fraction of sp³-hybridized carbons (Fsp3) is 0.250. The second kappa shape index (κ2) is 6.69. The lowest BCUT2D eigenvalue weighted by atomic mass is 10.1. The van der Waals surface area contributed by atoms with Crippen LogP contribution in [0.15, 0.2) is 42.5 Å². The Labute approximate surface area is 118 Å². The van der Waals surface area contributed by atoms with E-state index in [1.807, 2.05) is 12.1 Å². The van der Waals surface area contributed by atoms with E-state index in [0.717, 1.165) is 13.0 Å². The fourth-order valence-electron chi connectivity index (χ4n) is 2.09. The van der Waals surface area contributed by atoms with Gasteiger partial charge in [0, 0.05) is 23.7 Å². The molecule has 0 fully saturated rings. The van der Waals surface area contributed by atoms with Crippen molar-refractivity contribution < 1.29 is 4.39 Å². The molecule has 0 radical (unpaired) electrons. The SMILES string of the molecule is CCc1ccccc1CNCc1cc(Cl)ccc1F. The molecule has 0 amide bonds. The van der Waals surface area contributed by atoms with Crippen molar-refractivity contribution in [2.75, 3.05) is 0 Å². The minimum absolute atomic E-state index is 0.222. The lowest BCUT2D eigenvalue weighted by Gasteiger charge is -2.10. The Hall–Kier alpha value is -1.38. The Morgan fingerprint density at radius 3 is 2.42 bits per heavy atom. The van der Waals surface area contributed by atoms with Crippen molar-refractivity contribution in [3.8, 4) is 0 Å². The summed E-state index contributed by atoms with van der Waals surface area (Å²) in [7, 11) is 0. The smallest absolute Gasteiger partial charge is 0.127 e. The topological polar surface area (TPSA) is 12.0 Å². The Morgan fingerprint density at radius 2 is 1.68 bits per heavy atom. The molecule has 0 aliphatic rings. The zero-order valence-corrected chi connectivity index (χ0v) is 11.7. The van der Waals surface area contributed by atoms with Gasteiger partial charge in [-0.05, 0) is 35.7 Å². The van der Waals surface area contributed by atoms with Gasteiger partial charge in [-0.3, -0.25) is 0 Å². The van der Waals surface area contributed by atoms with Crippen LogP contribution < -0.4 is 5.32 Å². The standard InChI is InChI=1S/C16H17ClFN/c1-2-12-5-3-4-6-13(12)10-19-11-14-9-15(17)7-8-16(14)18/h3-9,19H,2,10-11H2,1H3. The van der Waals surface area contributed by atoms with Crippen molar-refractivity contribution in [1.29, 1.82) is 0 Å². The summed E-state index contributed by atoms with van der Waals surface area (Å²) in [4.78, 5) is 0. The molecule has 0 heterocycles. The summed E-state index contributed by atoms with van der Waals surface area (Å²) in [5.41, 5.74) is 3.18. The summed E-state index contributed by atoms with van der Waals surface area (Å²) in [6.07, 6.45) is 1.00. The van der Waals surface area contributed by atoms with E-state index in [-0.39, 0.29) is 5.82 Å². The van der Waals surface area contributed by atoms with Gasteiger partial charge in [0.1, 0.15) is 5.82 Å². The highest BCUT2D eigenvalue weighted by Gasteiger charge is 2.04. The summed E-state index contributed by atoms with van der Waals surface area (Å²) >= 11 is 5.87. The van der Waals surface area contributed by atoms with E-state index < -0.39 is 0 Å². The molecule has 0 unspecified atom stereocenters. The normalized spacial score (nSPS) is 10.7. The maximum absolute atomic E-state index is 13.5. The first-order chi connectivity index (χ1) is 9.20. The molecule has 2 rings (SSSR count). The van der Waals surface area contributed by atoms with Crippen molar-refractivity contribution in [3.05, 3.63) is 70.0 Å². The summed E-state index contributed by atoms with van der Waals surface area (Å²) < 4.78 is 13.5. The molecule has 0 aliphatic carbocycles. The molecule has 1 N–H and O–H groups in total. The van der Waals surface area contributed by atoms with Crippen molar-refractivity contribution in [3.63, 3.8) is 0 Å². The fourth-order valence-corrected chi connectivity index (χ4v) is 2.28. The average Bonchev–Trinajstić information content (AvgIpc) is 2.43. The van der Waals surface area contributed by atoms with Gasteiger partial charge in [-0.1, -0.05) is 42.8 Å². The zero-order valence-electron chi connectivity index (χ0n) is 10.9. The van der Waals surface area contributed by atoms with Gasteiger partial charge >= 0.3 is 0 Å². The molecule has 1 nitrogen and oxygen atoms in total. The van der Waals surface area contributed by atoms with Gasteiger partial charge in [0.05, 0.1) is 0 Å². The molecular formula is C16H17ClFN. The van der Waals surface area contributed by atoms with Crippen LogP contribution in [0.3, 0.4) is 0 Å². The molecular weight excluding hydrogens is 261 g/mol. The maximum Gasteiger partial charge on any atom is 0.127 e. The van der Waals surface area contributed by atoms with Gasteiger partial charge in [-0.15, -0.1) is 0 Å². The molecule has 0 saturated heterocycles. The van der Waals surface area contributed by atoms with Gasteiger partial charge < -0.3 is 5.32 Å². The van der Waals surface area contributed by atoms with Crippen molar-refractivity contribution >= 4 is 11.6 Å². The van der Waals surface area contributed by atoms with E-state index in [1.165, 1.54) is 17.2 Å². The highest BCUT2D eigenvalue weighted by molar-refractivity contribution is 6.30. The van der Waals surface area contributed by atoms with E-state index >= 15 is 0 Å². The molecule has 0 aliphatic heterocycles. The first-order valence-electron chi connectivity index (χ1n) is 6.42. The lowest BCUT2D eigenvalue weighted by molar-refractivity contribution is 0.587. The van der Waals surface area contributed by atoms with Gasteiger partial charge in [-0.2, -0.15) is 0 Å². The Balaban J connectivity index is 1.98. The van der Waals surface area contributed by atoms with Crippen LogP contribution in [0, 0.1) is 5.82 Å². The van der Waals surface area contributed by atoms with Gasteiger partial charge in [0.15, 0.2) is 0 Å². The van der Waals surface area contributed by atoms with E-state index in [1.54, 1.807) is 12.1 Å². The molecule has 0 aromatic heterocycles. The predicted molar refractivity (Wildman–Crippen MR) is 77.8 cm³/mol. The first-order valence-corrected chi connectivity index (χ1v) is 6.80. The number of benzene rings is 2. The van der Waals surface area contributed by atoms with Crippen molar-refractivity contribution in [1.82, 2.24) is 5.32 Å². The van der Waals surface area contributed by atoms with Crippen LogP contribution in [0.2, 0.25) is 5.02 Å². The molecule has 100 valence electrons. The molecule has 2 aromatic carbocycles. The van der Waals surface area contributed by atoms with Crippen LogP contribution in [0.1, 0.15) is 23.6 Å². The van der Waals surface area contributed by atoms with Crippen LogP contribution in [0.25, 0.3) is 0 Å². The highest BCUT2D eigenvalue weighted by Crippen LogP contribution is 2.15. The van der Waals surface area contributed by atoms with Gasteiger partial charge in [-0.25, -0.2) is 4.39 Å². The molecule has 0 atom stereocenters. The van der Waals surface area contributed by atoms with Crippen LogP contribution in [-0.2, 0) is 19.5 Å². The second-order valence-electron chi connectivity index (χ2n) is 4.46. The lowest BCUT2D eigenvalue weighted by Crippen LogP contribution is -2.14. The largest absolute Gasteiger partial charge is 0.309 e. The van der Waals surface area contributed by atoms with Crippen LogP contribution >= 0.6 is 11.6 Å². The van der Waals surface area contributed by atoms with E-state index in [4.69, 9.17) is 11.6 Å². The highest BCUT2D eigenvalue weighted by atomic mass is 35.5. The Morgan fingerprint density at radius 1 is 1.00 bits per heavy atom. The number of hydrogen-bond donors (Lipinski definition) is 1. The van der Waals surface area contributed by atoms with Crippen LogP contribution in [0.5, 0.6) is 0 Å². The predicted octanol–water partition coefficient (Wildman–Crippen LogP) is 4.33. The summed E-state index contributed by atoms with van der Waals surface area (Å²) in [6.45, 7) is 3.34. The molecule has 3 heteroatoms.